The summed E-state index contributed by atoms with van der Waals surface area (Å²) in [5.74, 6) is 0.959. The first-order chi connectivity index (χ1) is 21.2. The van der Waals surface area contributed by atoms with Crippen molar-refractivity contribution in [1.29, 1.82) is 0 Å². The van der Waals surface area contributed by atoms with E-state index in [1.165, 1.54) is 60.6 Å². The van der Waals surface area contributed by atoms with Gasteiger partial charge in [-0.15, -0.1) is 0 Å². The lowest BCUT2D eigenvalue weighted by Gasteiger charge is -2.29. The van der Waals surface area contributed by atoms with Crippen LogP contribution in [-0.4, -0.2) is 9.55 Å². The molecule has 9 rings (SSSR count). The van der Waals surface area contributed by atoms with E-state index in [1.807, 2.05) is 0 Å². The summed E-state index contributed by atoms with van der Waals surface area (Å²) < 4.78 is 2.44. The van der Waals surface area contributed by atoms with Crippen molar-refractivity contribution in [1.82, 2.24) is 9.55 Å². The molecule has 1 atom stereocenters. The zero-order valence-corrected chi connectivity index (χ0v) is 23.8. The van der Waals surface area contributed by atoms with Crippen molar-refractivity contribution in [3.8, 4) is 28.1 Å². The van der Waals surface area contributed by atoms with E-state index in [1.54, 1.807) is 0 Å². The molecule has 6 aromatic carbocycles. The predicted molar refractivity (Wildman–Crippen MR) is 179 cm³/mol. The zero-order chi connectivity index (χ0) is 28.5. The molecular formula is C41H28N2. The summed E-state index contributed by atoms with van der Waals surface area (Å²) in [5, 5.41) is 4.83. The molecule has 0 spiro atoms. The fourth-order valence-electron chi connectivity index (χ4n) is 7.57. The average molecular weight is 549 g/mol. The van der Waals surface area contributed by atoms with E-state index in [0.29, 0.717) is 0 Å². The Morgan fingerprint density at radius 2 is 1.16 bits per heavy atom. The molecule has 8 aromatic rings. The van der Waals surface area contributed by atoms with Gasteiger partial charge in [-0.05, 0) is 51.8 Å². The van der Waals surface area contributed by atoms with E-state index in [0.717, 1.165) is 16.8 Å². The van der Waals surface area contributed by atoms with E-state index in [-0.39, 0.29) is 5.41 Å². The van der Waals surface area contributed by atoms with Gasteiger partial charge in [-0.1, -0.05) is 140 Å². The first-order valence-electron chi connectivity index (χ1n) is 14.9. The van der Waals surface area contributed by atoms with Gasteiger partial charge in [0.2, 0.25) is 0 Å². The Bertz CT molecular complexity index is 2350. The van der Waals surface area contributed by atoms with Gasteiger partial charge in [0, 0.05) is 33.3 Å². The van der Waals surface area contributed by atoms with E-state index in [4.69, 9.17) is 4.98 Å². The predicted octanol–water partition coefficient (Wildman–Crippen LogP) is 10.3. The van der Waals surface area contributed by atoms with Gasteiger partial charge >= 0.3 is 0 Å². The van der Waals surface area contributed by atoms with Gasteiger partial charge in [-0.2, -0.15) is 0 Å². The molecule has 0 saturated heterocycles. The summed E-state index contributed by atoms with van der Waals surface area (Å²) in [6.07, 6.45) is 2.06. The maximum Gasteiger partial charge on any atom is 0.145 e. The van der Waals surface area contributed by atoms with Crippen LogP contribution < -0.4 is 0 Å². The number of benzene rings is 6. The van der Waals surface area contributed by atoms with Gasteiger partial charge in [0.25, 0.3) is 0 Å². The highest BCUT2D eigenvalue weighted by atomic mass is 15.1. The minimum absolute atomic E-state index is 0.335. The largest absolute Gasteiger partial charge is 0.293 e. The maximum absolute atomic E-state index is 5.28. The third kappa shape index (κ3) is 3.26. The van der Waals surface area contributed by atoms with Gasteiger partial charge < -0.3 is 0 Å². The Morgan fingerprint density at radius 1 is 0.512 bits per heavy atom. The van der Waals surface area contributed by atoms with Crippen molar-refractivity contribution in [2.75, 3.05) is 0 Å². The molecule has 0 saturated carbocycles. The highest BCUT2D eigenvalue weighted by molar-refractivity contribution is 6.14. The first-order valence-corrected chi connectivity index (χ1v) is 14.9. The minimum Gasteiger partial charge on any atom is -0.293 e. The number of nitrogens with zero attached hydrogens (tertiary/aromatic N) is 2. The molecule has 0 radical (unpaired) electrons. The summed E-state index contributed by atoms with van der Waals surface area (Å²) in [6, 6.07) is 52.6. The Labute approximate surface area is 250 Å². The first kappa shape index (κ1) is 24.2. The molecule has 0 N–H and O–H groups in total. The lowest BCUT2D eigenvalue weighted by molar-refractivity contribution is 0.717. The van der Waals surface area contributed by atoms with Crippen molar-refractivity contribution >= 4 is 32.6 Å². The zero-order valence-electron chi connectivity index (χ0n) is 23.8. The number of rotatable bonds is 3. The second-order valence-corrected chi connectivity index (χ2v) is 11.7. The lowest BCUT2D eigenvalue weighted by Crippen LogP contribution is -2.23. The second-order valence-electron chi connectivity index (χ2n) is 11.7. The van der Waals surface area contributed by atoms with Gasteiger partial charge in [-0.3, -0.25) is 4.57 Å². The molecule has 0 fully saturated rings. The van der Waals surface area contributed by atoms with Crippen molar-refractivity contribution in [3.63, 3.8) is 0 Å². The Hall–Kier alpha value is -5.47. The molecule has 0 amide bonds. The SMILES string of the molecule is CC1(c2ccccc2)c2ccccc2-c2ccc3c4ccccc4n(-c4ncc(-c5ccccc5)c5ccccc45)c3c21. The Balaban J connectivity index is 1.46. The van der Waals surface area contributed by atoms with Crippen molar-refractivity contribution in [3.05, 3.63) is 168 Å². The standard InChI is InChI=1S/C41H28N2/c1-41(28-16-6-3-7-17-28)36-22-12-10-19-30(36)32-24-25-33-31-20-11-13-23-37(31)43(39(33)38(32)41)40-34-21-9-8-18-29(34)35(26-42-40)27-14-4-2-5-15-27/h2-26H,1H3. The summed E-state index contributed by atoms with van der Waals surface area (Å²) in [6.45, 7) is 2.40. The highest BCUT2D eigenvalue weighted by Gasteiger charge is 2.43. The van der Waals surface area contributed by atoms with Crippen LogP contribution in [-0.2, 0) is 5.41 Å². The molecular weight excluding hydrogens is 520 g/mol. The van der Waals surface area contributed by atoms with E-state index < -0.39 is 0 Å². The number of fused-ring (bicyclic) bond motifs is 8. The summed E-state index contributed by atoms with van der Waals surface area (Å²) in [7, 11) is 0. The highest BCUT2D eigenvalue weighted by Crippen LogP contribution is 2.56. The molecule has 43 heavy (non-hydrogen) atoms. The van der Waals surface area contributed by atoms with Crippen molar-refractivity contribution in [2.24, 2.45) is 0 Å². The Kier molecular flexibility index (Phi) is 5.06. The van der Waals surface area contributed by atoms with Crippen LogP contribution in [0.1, 0.15) is 23.6 Å². The van der Waals surface area contributed by atoms with Crippen LogP contribution >= 0.6 is 0 Å². The average Bonchev–Trinajstić information content (AvgIpc) is 3.55. The normalized spacial score (nSPS) is 15.7. The van der Waals surface area contributed by atoms with Crippen LogP contribution in [0.15, 0.2) is 152 Å². The van der Waals surface area contributed by atoms with Crippen LogP contribution in [0.25, 0.3) is 60.6 Å². The monoisotopic (exact) mass is 548 g/mol. The maximum atomic E-state index is 5.28. The van der Waals surface area contributed by atoms with Crippen LogP contribution in [0.3, 0.4) is 0 Å². The van der Waals surface area contributed by atoms with Crippen molar-refractivity contribution in [2.45, 2.75) is 12.3 Å². The molecule has 2 nitrogen and oxygen atoms in total. The molecule has 2 aromatic heterocycles. The minimum atomic E-state index is -0.335. The number of hydrogen-bond donors (Lipinski definition) is 0. The number of aromatic nitrogens is 2. The van der Waals surface area contributed by atoms with E-state index in [9.17, 15) is 0 Å². The molecule has 2 heterocycles. The van der Waals surface area contributed by atoms with Gasteiger partial charge in [0.1, 0.15) is 5.82 Å². The van der Waals surface area contributed by atoms with E-state index in [2.05, 4.69) is 163 Å². The molecule has 0 bridgehead atoms. The molecule has 1 unspecified atom stereocenters. The third-order valence-electron chi connectivity index (χ3n) is 9.51. The van der Waals surface area contributed by atoms with Crippen LogP contribution in [0, 0.1) is 0 Å². The van der Waals surface area contributed by atoms with E-state index >= 15 is 0 Å². The van der Waals surface area contributed by atoms with Crippen LogP contribution in [0.5, 0.6) is 0 Å². The number of para-hydroxylation sites is 1. The van der Waals surface area contributed by atoms with Crippen molar-refractivity contribution < 1.29 is 0 Å². The quantitative estimate of drug-likeness (QED) is 0.215. The summed E-state index contributed by atoms with van der Waals surface area (Å²) >= 11 is 0. The topological polar surface area (TPSA) is 17.8 Å². The van der Waals surface area contributed by atoms with Crippen LogP contribution in [0.2, 0.25) is 0 Å². The second kappa shape index (κ2) is 9.01. The fourth-order valence-corrected chi connectivity index (χ4v) is 7.57. The number of pyridine rings is 1. The van der Waals surface area contributed by atoms with Gasteiger partial charge in [0.15, 0.2) is 0 Å². The molecule has 0 aliphatic heterocycles. The number of hydrogen-bond acceptors (Lipinski definition) is 1. The summed E-state index contributed by atoms with van der Waals surface area (Å²) in [5.41, 5.74) is 11.0. The van der Waals surface area contributed by atoms with Gasteiger partial charge in [0.05, 0.1) is 11.0 Å². The third-order valence-corrected chi connectivity index (χ3v) is 9.51. The molecule has 1 aliphatic carbocycles. The molecule has 2 heteroatoms. The molecule has 1 aliphatic rings. The Morgan fingerprint density at radius 3 is 1.98 bits per heavy atom. The summed E-state index contributed by atoms with van der Waals surface area (Å²) in [4.78, 5) is 5.28. The molecule has 202 valence electrons. The smallest absolute Gasteiger partial charge is 0.145 e. The van der Waals surface area contributed by atoms with Crippen LogP contribution in [0.4, 0.5) is 0 Å². The van der Waals surface area contributed by atoms with Gasteiger partial charge in [-0.25, -0.2) is 4.98 Å². The lowest BCUT2D eigenvalue weighted by atomic mass is 9.73. The fraction of sp³-hybridized carbons (Fsp3) is 0.0488.